The van der Waals surface area contributed by atoms with Gasteiger partial charge < -0.3 is 15.2 Å². The molecule has 4 aromatic rings. The number of benzene rings is 1. The van der Waals surface area contributed by atoms with Crippen molar-refractivity contribution in [2.24, 2.45) is 0 Å². The molecule has 4 rings (SSSR count). The van der Waals surface area contributed by atoms with Crippen LogP contribution in [0.25, 0.3) is 11.3 Å². The number of sulfonamides is 1. The lowest BCUT2D eigenvalue weighted by atomic mass is 10.1. The zero-order chi connectivity index (χ0) is 28.3. The topological polar surface area (TPSA) is 146 Å². The van der Waals surface area contributed by atoms with Crippen LogP contribution < -0.4 is 19.9 Å². The van der Waals surface area contributed by atoms with E-state index >= 15 is 0 Å². The fourth-order valence-electron chi connectivity index (χ4n) is 3.98. The average molecular weight is 548 g/mol. The van der Waals surface area contributed by atoms with Crippen LogP contribution in [0, 0.1) is 20.8 Å². The van der Waals surface area contributed by atoms with Gasteiger partial charge in [0.25, 0.3) is 15.9 Å². The summed E-state index contributed by atoms with van der Waals surface area (Å²) in [5, 5.41) is -0.390. The molecule has 0 aliphatic rings. The van der Waals surface area contributed by atoms with Gasteiger partial charge in [0.2, 0.25) is 11.8 Å². The van der Waals surface area contributed by atoms with Crippen LogP contribution in [0.1, 0.15) is 40.9 Å². The van der Waals surface area contributed by atoms with Crippen LogP contribution >= 0.6 is 0 Å². The lowest BCUT2D eigenvalue weighted by molar-refractivity contribution is 0.0978. The molecule has 202 valence electrons. The van der Waals surface area contributed by atoms with Gasteiger partial charge in [0.15, 0.2) is 5.03 Å². The molecule has 10 nitrogen and oxygen atoms in total. The van der Waals surface area contributed by atoms with Crippen LogP contribution in [-0.2, 0) is 10.0 Å². The van der Waals surface area contributed by atoms with Crippen LogP contribution in [0.3, 0.4) is 0 Å². The van der Waals surface area contributed by atoms with E-state index < -0.39 is 15.9 Å². The summed E-state index contributed by atoms with van der Waals surface area (Å²) in [6.45, 7) is 9.49. The number of nitrogens with one attached hydrogen (secondary N) is 1. The van der Waals surface area contributed by atoms with E-state index in [1.165, 1.54) is 24.3 Å². The first-order valence-electron chi connectivity index (χ1n) is 12.1. The molecule has 0 aliphatic carbocycles. The van der Waals surface area contributed by atoms with Gasteiger partial charge in [0.1, 0.15) is 17.1 Å². The van der Waals surface area contributed by atoms with Gasteiger partial charge in [0, 0.05) is 6.20 Å². The molecule has 3 N–H and O–H groups in total. The number of nitrogens with two attached hydrogens (primary N) is 1. The van der Waals surface area contributed by atoms with Gasteiger partial charge in [-0.25, -0.2) is 19.7 Å². The normalized spacial score (nSPS) is 11.3. The minimum absolute atomic E-state index is 0.00146. The van der Waals surface area contributed by atoms with Gasteiger partial charge in [-0.3, -0.25) is 4.79 Å². The summed E-state index contributed by atoms with van der Waals surface area (Å²) in [6.07, 6.45) is 1.47. The van der Waals surface area contributed by atoms with Crippen molar-refractivity contribution in [1.29, 1.82) is 0 Å². The number of anilines is 1. The van der Waals surface area contributed by atoms with E-state index in [-0.39, 0.29) is 28.4 Å². The molecule has 1 aromatic carbocycles. The van der Waals surface area contributed by atoms with Crippen molar-refractivity contribution in [3.8, 4) is 28.8 Å². The van der Waals surface area contributed by atoms with E-state index in [1.807, 2.05) is 51.5 Å². The highest BCUT2D eigenvalue weighted by Crippen LogP contribution is 2.34. The number of hydrogen-bond donors (Lipinski definition) is 2. The van der Waals surface area contributed by atoms with Gasteiger partial charge in [-0.05, 0) is 82.1 Å². The van der Waals surface area contributed by atoms with E-state index in [1.54, 1.807) is 24.4 Å². The summed E-state index contributed by atoms with van der Waals surface area (Å²) in [5.74, 6) is -0.164. The predicted molar refractivity (Wildman–Crippen MR) is 147 cm³/mol. The minimum atomic E-state index is -4.33. The molecule has 0 saturated heterocycles. The Balaban J connectivity index is 1.80. The number of aryl methyl sites for hydroxylation is 3. The maximum atomic E-state index is 13.3. The largest absolute Gasteiger partial charge is 0.474 e. The molecule has 11 heteroatoms. The lowest BCUT2D eigenvalue weighted by Crippen LogP contribution is -2.31. The zero-order valence-electron chi connectivity index (χ0n) is 22.2. The first kappa shape index (κ1) is 27.5. The molecule has 0 aliphatic heterocycles. The summed E-state index contributed by atoms with van der Waals surface area (Å²) in [6, 6.07) is 14.5. The molecule has 0 fully saturated rings. The summed E-state index contributed by atoms with van der Waals surface area (Å²) in [7, 11) is -4.33. The lowest BCUT2D eigenvalue weighted by Gasteiger charge is -2.17. The third-order valence-electron chi connectivity index (χ3n) is 5.55. The van der Waals surface area contributed by atoms with E-state index in [0.717, 1.165) is 16.7 Å². The van der Waals surface area contributed by atoms with E-state index in [4.69, 9.17) is 15.2 Å². The van der Waals surface area contributed by atoms with E-state index in [9.17, 15) is 13.2 Å². The first-order valence-corrected chi connectivity index (χ1v) is 13.6. The second kappa shape index (κ2) is 11.1. The van der Waals surface area contributed by atoms with Crippen LogP contribution in [0.15, 0.2) is 65.8 Å². The highest BCUT2D eigenvalue weighted by molar-refractivity contribution is 7.90. The molecule has 0 bridgehead atoms. The minimum Gasteiger partial charge on any atom is -0.474 e. The molecule has 0 spiro atoms. The maximum absolute atomic E-state index is 13.3. The first-order chi connectivity index (χ1) is 18.4. The average Bonchev–Trinajstić information content (AvgIpc) is 2.86. The number of nitrogens with zero attached hydrogens (tertiary/aromatic N) is 3. The zero-order valence-corrected chi connectivity index (χ0v) is 23.0. The molecule has 39 heavy (non-hydrogen) atoms. The molecule has 0 unspecified atom stereocenters. The summed E-state index contributed by atoms with van der Waals surface area (Å²) in [5.41, 5.74) is 9.23. The second-order valence-corrected chi connectivity index (χ2v) is 10.9. The van der Waals surface area contributed by atoms with Gasteiger partial charge in [-0.2, -0.15) is 8.42 Å². The maximum Gasteiger partial charge on any atom is 0.281 e. The third kappa shape index (κ3) is 6.32. The van der Waals surface area contributed by atoms with Crippen molar-refractivity contribution in [3.05, 3.63) is 83.0 Å². The van der Waals surface area contributed by atoms with E-state index in [0.29, 0.717) is 22.9 Å². The van der Waals surface area contributed by atoms with Gasteiger partial charge in [-0.1, -0.05) is 23.8 Å². The summed E-state index contributed by atoms with van der Waals surface area (Å²) >= 11 is 0. The summed E-state index contributed by atoms with van der Waals surface area (Å²) in [4.78, 5) is 26.0. The van der Waals surface area contributed by atoms with Crippen molar-refractivity contribution in [1.82, 2.24) is 19.7 Å². The molecule has 0 saturated carbocycles. The highest BCUT2D eigenvalue weighted by atomic mass is 32.2. The molecule has 0 atom stereocenters. The number of hydrogen-bond acceptors (Lipinski definition) is 9. The van der Waals surface area contributed by atoms with Crippen molar-refractivity contribution < 1.29 is 22.7 Å². The standard InChI is InChI=1S/C28H29N5O5S/c1-16(2)37-27-20(8-7-13-30-27)22-12-11-21(26(34)33-39(35,36)24-10-6-9-23(29)32-24)28(31-22)38-25-18(4)14-17(3)15-19(25)5/h6-16H,1-5H3,(H2,29,32)(H,33,34). The number of carbonyl (C=O) groups excluding carboxylic acids is 1. The number of aromatic nitrogens is 3. The molecular formula is C28H29N5O5S. The number of rotatable bonds is 8. The van der Waals surface area contributed by atoms with Gasteiger partial charge >= 0.3 is 0 Å². The quantitative estimate of drug-likeness (QED) is 0.319. The molecule has 3 aromatic heterocycles. The highest BCUT2D eigenvalue weighted by Gasteiger charge is 2.25. The smallest absolute Gasteiger partial charge is 0.281 e. The SMILES string of the molecule is Cc1cc(C)c(Oc2nc(-c3cccnc3OC(C)C)ccc2C(=O)NS(=O)(=O)c2cccc(N)n2)c(C)c1. The van der Waals surface area contributed by atoms with Crippen molar-refractivity contribution >= 4 is 21.7 Å². The fraction of sp³-hybridized carbons (Fsp3) is 0.214. The van der Waals surface area contributed by atoms with Crippen LogP contribution in [-0.4, -0.2) is 35.4 Å². The molecule has 1 amide bonds. The van der Waals surface area contributed by atoms with Gasteiger partial charge in [-0.15, -0.1) is 0 Å². The predicted octanol–water partition coefficient (Wildman–Crippen LogP) is 4.74. The Kier molecular flexibility index (Phi) is 7.82. The Hall–Kier alpha value is -4.51. The molecule has 3 heterocycles. The molecule has 0 radical (unpaired) electrons. The number of amides is 1. The van der Waals surface area contributed by atoms with Crippen LogP contribution in [0.5, 0.6) is 17.5 Å². The Morgan fingerprint density at radius 3 is 2.33 bits per heavy atom. The Labute approximate surface area is 227 Å². The fourth-order valence-corrected chi connectivity index (χ4v) is 4.92. The van der Waals surface area contributed by atoms with Crippen molar-refractivity contribution in [3.63, 3.8) is 0 Å². The van der Waals surface area contributed by atoms with E-state index in [2.05, 4.69) is 15.0 Å². The number of nitrogen functional groups attached to an aromatic ring is 1. The summed E-state index contributed by atoms with van der Waals surface area (Å²) < 4.78 is 39.9. The van der Waals surface area contributed by atoms with Gasteiger partial charge in [0.05, 0.1) is 17.4 Å². The number of carbonyl (C=O) groups is 1. The number of pyridine rings is 3. The second-order valence-electron chi connectivity index (χ2n) is 9.24. The Morgan fingerprint density at radius 1 is 0.949 bits per heavy atom. The van der Waals surface area contributed by atoms with Crippen LogP contribution in [0.2, 0.25) is 0 Å². The Bertz CT molecular complexity index is 1630. The monoisotopic (exact) mass is 547 g/mol. The van der Waals surface area contributed by atoms with Crippen molar-refractivity contribution in [2.75, 3.05) is 5.73 Å². The number of ether oxygens (including phenoxy) is 2. The molecular weight excluding hydrogens is 518 g/mol. The Morgan fingerprint density at radius 2 is 1.67 bits per heavy atom. The van der Waals surface area contributed by atoms with Crippen molar-refractivity contribution in [2.45, 2.75) is 45.7 Å². The third-order valence-corrected chi connectivity index (χ3v) is 6.78. The van der Waals surface area contributed by atoms with Crippen LogP contribution in [0.4, 0.5) is 5.82 Å².